The van der Waals surface area contributed by atoms with Crippen LogP contribution in [0.1, 0.15) is 39.0 Å². The maximum Gasteiger partial charge on any atom is 0.191 e. The molecular weight excluding hydrogens is 337 g/mol. The molecule has 0 fully saturated rings. The van der Waals surface area contributed by atoms with Crippen LogP contribution < -0.4 is 10.6 Å². The fourth-order valence-electron chi connectivity index (χ4n) is 1.95. The molecule has 1 aliphatic rings. The molecule has 18 heavy (non-hydrogen) atoms. The monoisotopic (exact) mass is 363 g/mol. The van der Waals surface area contributed by atoms with Crippen molar-refractivity contribution in [3.63, 3.8) is 0 Å². The fraction of sp³-hybridized carbons (Fsp3) is 0.643. The zero-order valence-electron chi connectivity index (χ0n) is 11.4. The van der Waals surface area contributed by atoms with Crippen LogP contribution in [0.5, 0.6) is 0 Å². The Morgan fingerprint density at radius 3 is 2.89 bits per heavy atom. The van der Waals surface area contributed by atoms with Gasteiger partial charge in [-0.15, -0.1) is 30.6 Å². The van der Waals surface area contributed by atoms with Crippen LogP contribution in [0.25, 0.3) is 0 Å². The van der Waals surface area contributed by atoms with Gasteiger partial charge in [-0.3, -0.25) is 4.99 Å². The third kappa shape index (κ3) is 7.74. The molecule has 0 amide bonds. The number of aliphatic imine (C=N–C) groups is 1. The lowest BCUT2D eigenvalue weighted by Crippen LogP contribution is -2.37. The van der Waals surface area contributed by atoms with Crippen LogP contribution in [0.15, 0.2) is 29.3 Å². The topological polar surface area (TPSA) is 36.4 Å². The van der Waals surface area contributed by atoms with Crippen molar-refractivity contribution in [3.05, 3.63) is 24.3 Å². The Morgan fingerprint density at radius 2 is 2.28 bits per heavy atom. The number of allylic oxidation sites excluding steroid dienone is 1. The second-order valence-electron chi connectivity index (χ2n) is 4.29. The predicted molar refractivity (Wildman–Crippen MR) is 90.8 cm³/mol. The van der Waals surface area contributed by atoms with E-state index in [1.54, 1.807) is 5.57 Å². The summed E-state index contributed by atoms with van der Waals surface area (Å²) in [5.41, 5.74) is 1.58. The molecule has 0 spiro atoms. The van der Waals surface area contributed by atoms with Gasteiger partial charge < -0.3 is 10.6 Å². The molecule has 2 N–H and O–H groups in total. The van der Waals surface area contributed by atoms with Gasteiger partial charge in [0, 0.05) is 19.6 Å². The minimum absolute atomic E-state index is 0. The number of halogens is 1. The molecule has 0 aliphatic heterocycles. The number of nitrogens with zero attached hydrogens (tertiary/aromatic N) is 1. The van der Waals surface area contributed by atoms with Crippen LogP contribution >= 0.6 is 24.0 Å². The Labute approximate surface area is 128 Å². The molecule has 0 aromatic rings. The first-order valence-electron chi connectivity index (χ1n) is 6.67. The van der Waals surface area contributed by atoms with E-state index in [4.69, 9.17) is 0 Å². The molecule has 0 aromatic carbocycles. The quantitative estimate of drug-likeness (QED) is 0.329. The summed E-state index contributed by atoms with van der Waals surface area (Å²) in [4.78, 5) is 4.55. The van der Waals surface area contributed by atoms with Crippen LogP contribution in [-0.4, -0.2) is 25.6 Å². The van der Waals surface area contributed by atoms with E-state index in [1.165, 1.54) is 25.7 Å². The second-order valence-corrected chi connectivity index (χ2v) is 4.29. The lowest BCUT2D eigenvalue weighted by atomic mass is 9.97. The minimum Gasteiger partial charge on any atom is -0.357 e. The van der Waals surface area contributed by atoms with Crippen molar-refractivity contribution >= 4 is 29.9 Å². The number of hydrogen-bond acceptors (Lipinski definition) is 1. The molecule has 0 radical (unpaired) electrons. The molecule has 0 saturated heterocycles. The third-order valence-electron chi connectivity index (χ3n) is 2.85. The average molecular weight is 363 g/mol. The van der Waals surface area contributed by atoms with Crippen molar-refractivity contribution < 1.29 is 0 Å². The van der Waals surface area contributed by atoms with E-state index in [0.717, 1.165) is 32.0 Å². The summed E-state index contributed by atoms with van der Waals surface area (Å²) >= 11 is 0. The SMILES string of the molecule is C=CCNC(=NCCC1=CCCCC1)NCC.I. The van der Waals surface area contributed by atoms with Crippen molar-refractivity contribution in [1.82, 2.24) is 10.6 Å². The van der Waals surface area contributed by atoms with Crippen molar-refractivity contribution in [1.29, 1.82) is 0 Å². The number of guanidine groups is 1. The van der Waals surface area contributed by atoms with Gasteiger partial charge in [-0.05, 0) is 39.0 Å². The van der Waals surface area contributed by atoms with Crippen molar-refractivity contribution in [3.8, 4) is 0 Å². The first-order valence-corrected chi connectivity index (χ1v) is 6.67. The van der Waals surface area contributed by atoms with Gasteiger partial charge in [0.15, 0.2) is 5.96 Å². The molecule has 0 aromatic heterocycles. The lowest BCUT2D eigenvalue weighted by molar-refractivity contribution is 0.675. The van der Waals surface area contributed by atoms with Gasteiger partial charge in [-0.25, -0.2) is 0 Å². The van der Waals surface area contributed by atoms with Crippen LogP contribution in [0.4, 0.5) is 0 Å². The van der Waals surface area contributed by atoms with Crippen molar-refractivity contribution in [2.75, 3.05) is 19.6 Å². The van der Waals surface area contributed by atoms with Gasteiger partial charge in [-0.1, -0.05) is 17.7 Å². The maximum atomic E-state index is 4.55. The largest absolute Gasteiger partial charge is 0.357 e. The second kappa shape index (κ2) is 11.6. The van der Waals surface area contributed by atoms with E-state index >= 15 is 0 Å². The Kier molecular flexibility index (Phi) is 11.2. The lowest BCUT2D eigenvalue weighted by Gasteiger charge is -2.12. The summed E-state index contributed by atoms with van der Waals surface area (Å²) in [5, 5.41) is 6.44. The minimum atomic E-state index is 0. The molecule has 0 bridgehead atoms. The van der Waals surface area contributed by atoms with E-state index < -0.39 is 0 Å². The normalized spacial score (nSPS) is 15.4. The summed E-state index contributed by atoms with van der Waals surface area (Å²) < 4.78 is 0. The van der Waals surface area contributed by atoms with E-state index in [-0.39, 0.29) is 24.0 Å². The molecule has 0 unspecified atom stereocenters. The Hall–Kier alpha value is -0.520. The molecule has 104 valence electrons. The van der Waals surface area contributed by atoms with E-state index in [9.17, 15) is 0 Å². The highest BCUT2D eigenvalue weighted by Gasteiger charge is 2.03. The van der Waals surface area contributed by atoms with Crippen molar-refractivity contribution in [2.24, 2.45) is 4.99 Å². The van der Waals surface area contributed by atoms with E-state index in [0.29, 0.717) is 0 Å². The molecule has 0 heterocycles. The summed E-state index contributed by atoms with van der Waals surface area (Å²) in [6.07, 6.45) is 10.6. The zero-order chi connectivity index (χ0) is 12.3. The van der Waals surface area contributed by atoms with Crippen LogP contribution in [0.3, 0.4) is 0 Å². The average Bonchev–Trinajstić information content (AvgIpc) is 2.37. The molecule has 3 nitrogen and oxygen atoms in total. The van der Waals surface area contributed by atoms with Gasteiger partial charge in [-0.2, -0.15) is 0 Å². The summed E-state index contributed by atoms with van der Waals surface area (Å²) in [7, 11) is 0. The van der Waals surface area contributed by atoms with Gasteiger partial charge >= 0.3 is 0 Å². The Balaban J connectivity index is 0.00000289. The standard InChI is InChI=1S/C14H25N3.HI/c1-3-11-16-14(15-4-2)17-12-10-13-8-6-5-7-9-13;/h3,8H,1,4-7,9-12H2,2H3,(H2,15,16,17);1H. The zero-order valence-corrected chi connectivity index (χ0v) is 13.7. The van der Waals surface area contributed by atoms with Gasteiger partial charge in [0.1, 0.15) is 0 Å². The third-order valence-corrected chi connectivity index (χ3v) is 2.85. The van der Waals surface area contributed by atoms with Crippen LogP contribution in [0.2, 0.25) is 0 Å². The number of hydrogen-bond donors (Lipinski definition) is 2. The summed E-state index contributed by atoms with van der Waals surface area (Å²) in [5.74, 6) is 0.892. The van der Waals surface area contributed by atoms with Gasteiger partial charge in [0.2, 0.25) is 0 Å². The molecule has 1 aliphatic carbocycles. The number of nitrogens with one attached hydrogen (secondary N) is 2. The smallest absolute Gasteiger partial charge is 0.191 e. The predicted octanol–water partition coefficient (Wildman–Crippen LogP) is 3.24. The highest BCUT2D eigenvalue weighted by molar-refractivity contribution is 14.0. The fourth-order valence-corrected chi connectivity index (χ4v) is 1.95. The molecule has 0 atom stereocenters. The van der Waals surface area contributed by atoms with E-state index in [1.807, 2.05) is 6.08 Å². The number of rotatable bonds is 6. The van der Waals surface area contributed by atoms with Gasteiger partial charge in [0.25, 0.3) is 0 Å². The highest BCUT2D eigenvalue weighted by Crippen LogP contribution is 2.19. The molecule has 4 heteroatoms. The molecule has 0 saturated carbocycles. The first kappa shape index (κ1) is 17.5. The van der Waals surface area contributed by atoms with Gasteiger partial charge in [0.05, 0.1) is 0 Å². The summed E-state index contributed by atoms with van der Waals surface area (Å²) in [6, 6.07) is 0. The van der Waals surface area contributed by atoms with Crippen LogP contribution in [0, 0.1) is 0 Å². The Morgan fingerprint density at radius 1 is 1.44 bits per heavy atom. The maximum absolute atomic E-state index is 4.55. The van der Waals surface area contributed by atoms with E-state index in [2.05, 4.69) is 35.2 Å². The first-order chi connectivity index (χ1) is 8.36. The van der Waals surface area contributed by atoms with Crippen molar-refractivity contribution in [2.45, 2.75) is 39.0 Å². The van der Waals surface area contributed by atoms with Crippen LogP contribution in [-0.2, 0) is 0 Å². The summed E-state index contributed by atoms with van der Waals surface area (Å²) in [6.45, 7) is 8.30. The highest BCUT2D eigenvalue weighted by atomic mass is 127. The molecule has 1 rings (SSSR count). The Bertz CT molecular complexity index is 285. The molecular formula is C14H26IN3.